The number of carbonyl (C=O) groups is 1. The van der Waals surface area contributed by atoms with Crippen LogP contribution in [0, 0.1) is 17.6 Å². The zero-order chi connectivity index (χ0) is 38.7. The maximum absolute atomic E-state index is 14.4. The molecule has 0 aliphatic carbocycles. The average molecular weight is 768 g/mol. The number of pyridine rings is 1. The van der Waals surface area contributed by atoms with E-state index >= 15 is 0 Å². The molecule has 6 aromatic rings. The molecule has 0 unspecified atom stereocenters. The molecule has 0 bridgehead atoms. The van der Waals surface area contributed by atoms with E-state index in [2.05, 4.69) is 20.5 Å². The van der Waals surface area contributed by atoms with Crippen LogP contribution in [0.5, 0.6) is 11.5 Å². The van der Waals surface area contributed by atoms with E-state index in [0.29, 0.717) is 58.0 Å². The normalized spacial score (nSPS) is 13.5. The number of benzene rings is 3. The monoisotopic (exact) mass is 767 g/mol. The third-order valence-corrected chi connectivity index (χ3v) is 10.6. The molecule has 0 spiro atoms. The third-order valence-electron chi connectivity index (χ3n) is 9.66. The molecule has 15 heteroatoms. The standard InChI is InChI=1S/C40H39F2N7O5S/c1-53-33-13-10-26(23-28(33)39(50)47-37-29(41)7-6-8-30(37)42)36-38(49-19-5-4-9-35(49)46-36)32-14-18-43-40(45-32)44-31-12-11-27(24-34(31)54-2)48-20-15-25(16-21-48)17-22-55(3,51)52/h4-14,18-19,23-25H,15-17,20-22H2,1-3H3,(H,47,50)(H,43,44,45). The molecule has 1 aliphatic rings. The van der Waals surface area contributed by atoms with Gasteiger partial charge in [0.25, 0.3) is 5.91 Å². The van der Waals surface area contributed by atoms with Crippen LogP contribution in [0.1, 0.15) is 29.6 Å². The average Bonchev–Trinajstić information content (AvgIpc) is 3.58. The second kappa shape index (κ2) is 15.7. The summed E-state index contributed by atoms with van der Waals surface area (Å²) in [5, 5.41) is 5.63. The Morgan fingerprint density at radius 2 is 1.67 bits per heavy atom. The van der Waals surface area contributed by atoms with Crippen LogP contribution in [-0.2, 0) is 9.84 Å². The molecule has 3 aromatic carbocycles. The van der Waals surface area contributed by atoms with Gasteiger partial charge < -0.3 is 25.0 Å². The van der Waals surface area contributed by atoms with Gasteiger partial charge >= 0.3 is 0 Å². The summed E-state index contributed by atoms with van der Waals surface area (Å²) in [6.07, 6.45) is 7.29. The number of methoxy groups -OCH3 is 2. The van der Waals surface area contributed by atoms with Crippen LogP contribution in [0.2, 0.25) is 0 Å². The SMILES string of the molecule is COc1cc(N2CCC(CCS(C)(=O)=O)CC2)ccc1Nc1nccc(-c2c(-c3ccc(OC)c(C(=O)Nc4c(F)cccc4F)c3)nc3ccccn23)n1. The lowest BCUT2D eigenvalue weighted by Crippen LogP contribution is -2.34. The second-order valence-electron chi connectivity index (χ2n) is 13.3. The van der Waals surface area contributed by atoms with Gasteiger partial charge in [-0.15, -0.1) is 0 Å². The summed E-state index contributed by atoms with van der Waals surface area (Å²) >= 11 is 0. The number of hydrogen-bond donors (Lipinski definition) is 2. The van der Waals surface area contributed by atoms with Crippen molar-refractivity contribution in [1.82, 2.24) is 19.4 Å². The summed E-state index contributed by atoms with van der Waals surface area (Å²) in [7, 11) is 0.0225. The molecule has 0 saturated carbocycles. The highest BCUT2D eigenvalue weighted by molar-refractivity contribution is 7.90. The van der Waals surface area contributed by atoms with Gasteiger partial charge in [0.15, 0.2) is 0 Å². The molecule has 3 aromatic heterocycles. The Balaban J connectivity index is 1.17. The van der Waals surface area contributed by atoms with Gasteiger partial charge in [0.1, 0.15) is 44.3 Å². The number of sulfone groups is 1. The summed E-state index contributed by atoms with van der Waals surface area (Å²) in [5.74, 6) is -0.886. The number of nitrogens with one attached hydrogen (secondary N) is 2. The molecule has 12 nitrogen and oxygen atoms in total. The molecule has 1 aliphatic heterocycles. The van der Waals surface area contributed by atoms with Gasteiger partial charge in [0, 0.05) is 49.1 Å². The first kappa shape index (κ1) is 37.2. The molecule has 284 valence electrons. The van der Waals surface area contributed by atoms with Crippen LogP contribution in [0.25, 0.3) is 28.3 Å². The van der Waals surface area contributed by atoms with Crippen molar-refractivity contribution in [3.8, 4) is 34.1 Å². The van der Waals surface area contributed by atoms with Crippen molar-refractivity contribution in [2.24, 2.45) is 5.92 Å². The summed E-state index contributed by atoms with van der Waals surface area (Å²) in [5.41, 5.74) is 3.91. The lowest BCUT2D eigenvalue weighted by Gasteiger charge is -2.34. The zero-order valence-corrected chi connectivity index (χ0v) is 31.2. The Bertz CT molecular complexity index is 2470. The van der Waals surface area contributed by atoms with Crippen LogP contribution in [0.3, 0.4) is 0 Å². The van der Waals surface area contributed by atoms with E-state index in [9.17, 15) is 22.0 Å². The van der Waals surface area contributed by atoms with E-state index in [4.69, 9.17) is 19.4 Å². The predicted octanol–water partition coefficient (Wildman–Crippen LogP) is 7.40. The van der Waals surface area contributed by atoms with Crippen LogP contribution < -0.4 is 25.0 Å². The Hall–Kier alpha value is -6.09. The quantitative estimate of drug-likeness (QED) is 0.130. The first-order valence-electron chi connectivity index (χ1n) is 17.6. The van der Waals surface area contributed by atoms with Gasteiger partial charge in [-0.05, 0) is 85.8 Å². The van der Waals surface area contributed by atoms with E-state index in [1.54, 1.807) is 37.6 Å². The van der Waals surface area contributed by atoms with Crippen molar-refractivity contribution in [3.63, 3.8) is 0 Å². The molecule has 1 fully saturated rings. The number of halogens is 2. The van der Waals surface area contributed by atoms with Gasteiger partial charge in [-0.25, -0.2) is 32.2 Å². The number of fused-ring (bicyclic) bond motifs is 1. The number of amides is 1. The minimum atomic E-state index is -2.98. The van der Waals surface area contributed by atoms with E-state index < -0.39 is 33.1 Å². The van der Waals surface area contributed by atoms with Crippen molar-refractivity contribution in [1.29, 1.82) is 0 Å². The fraction of sp³-hybridized carbons (Fsp3) is 0.250. The second-order valence-corrected chi connectivity index (χ2v) is 15.6. The maximum Gasteiger partial charge on any atom is 0.259 e. The predicted molar refractivity (Wildman–Crippen MR) is 208 cm³/mol. The van der Waals surface area contributed by atoms with Crippen molar-refractivity contribution in [2.45, 2.75) is 19.3 Å². The largest absolute Gasteiger partial charge is 0.496 e. The van der Waals surface area contributed by atoms with E-state index in [-0.39, 0.29) is 17.1 Å². The molecule has 1 amide bonds. The van der Waals surface area contributed by atoms with E-state index in [1.807, 2.05) is 47.0 Å². The topological polar surface area (TPSA) is 140 Å². The van der Waals surface area contributed by atoms with Crippen LogP contribution in [0.4, 0.5) is 31.8 Å². The molecule has 1 saturated heterocycles. The smallest absolute Gasteiger partial charge is 0.259 e. The van der Waals surface area contributed by atoms with Crippen molar-refractivity contribution in [3.05, 3.63) is 108 Å². The number of anilines is 4. The molecule has 2 N–H and O–H groups in total. The maximum atomic E-state index is 14.4. The number of nitrogens with zero attached hydrogens (tertiary/aromatic N) is 5. The lowest BCUT2D eigenvalue weighted by atomic mass is 9.94. The molecule has 0 atom stereocenters. The fourth-order valence-corrected chi connectivity index (χ4v) is 7.55. The Kier molecular flexibility index (Phi) is 10.6. The first-order chi connectivity index (χ1) is 26.5. The number of carbonyl (C=O) groups excluding carboxylic acids is 1. The minimum Gasteiger partial charge on any atom is -0.496 e. The van der Waals surface area contributed by atoms with Crippen LogP contribution in [-0.4, -0.2) is 73.0 Å². The molecule has 0 radical (unpaired) electrons. The van der Waals surface area contributed by atoms with E-state index in [0.717, 1.165) is 43.8 Å². The van der Waals surface area contributed by atoms with Crippen LogP contribution in [0.15, 0.2) is 91.3 Å². The van der Waals surface area contributed by atoms with Crippen molar-refractivity contribution in [2.75, 3.05) is 54.9 Å². The molecule has 4 heterocycles. The highest BCUT2D eigenvalue weighted by atomic mass is 32.2. The zero-order valence-electron chi connectivity index (χ0n) is 30.4. The Labute approximate surface area is 317 Å². The number of rotatable bonds is 12. The molecular formula is C40H39F2N7O5S. The van der Waals surface area contributed by atoms with Gasteiger partial charge in [0.2, 0.25) is 5.95 Å². The number of ether oxygens (including phenoxy) is 2. The number of piperidine rings is 1. The molecular weight excluding hydrogens is 729 g/mol. The number of aromatic nitrogens is 4. The van der Waals surface area contributed by atoms with Crippen LogP contribution >= 0.6 is 0 Å². The number of hydrogen-bond acceptors (Lipinski definition) is 10. The fourth-order valence-electron chi connectivity index (χ4n) is 6.78. The van der Waals surface area contributed by atoms with Crippen molar-refractivity contribution >= 4 is 44.4 Å². The van der Waals surface area contributed by atoms with Gasteiger partial charge in [-0.2, -0.15) is 0 Å². The number of imidazole rings is 1. The van der Waals surface area contributed by atoms with Gasteiger partial charge in [-0.3, -0.25) is 9.20 Å². The minimum absolute atomic E-state index is 0.0440. The van der Waals surface area contributed by atoms with Crippen molar-refractivity contribution < 1.29 is 31.5 Å². The Morgan fingerprint density at radius 3 is 2.40 bits per heavy atom. The summed E-state index contributed by atoms with van der Waals surface area (Å²) < 4.78 is 65.3. The lowest BCUT2D eigenvalue weighted by molar-refractivity contribution is 0.102. The van der Waals surface area contributed by atoms with Gasteiger partial charge in [-0.1, -0.05) is 12.1 Å². The third kappa shape index (κ3) is 8.21. The summed E-state index contributed by atoms with van der Waals surface area (Å²) in [6, 6.07) is 21.4. The number of para-hydroxylation sites is 1. The van der Waals surface area contributed by atoms with E-state index in [1.165, 1.54) is 19.4 Å². The van der Waals surface area contributed by atoms with Gasteiger partial charge in [0.05, 0.1) is 48.3 Å². The summed E-state index contributed by atoms with van der Waals surface area (Å²) in [6.45, 7) is 1.64. The molecule has 55 heavy (non-hydrogen) atoms. The first-order valence-corrected chi connectivity index (χ1v) is 19.7. The highest BCUT2D eigenvalue weighted by Crippen LogP contribution is 2.37. The molecule has 7 rings (SSSR count). The highest BCUT2D eigenvalue weighted by Gasteiger charge is 2.24. The summed E-state index contributed by atoms with van der Waals surface area (Å²) in [4.78, 5) is 30.0. The Morgan fingerprint density at radius 1 is 0.909 bits per heavy atom.